The third-order valence-corrected chi connectivity index (χ3v) is 3.33. The van der Waals surface area contributed by atoms with Crippen LogP contribution in [0.3, 0.4) is 0 Å². The lowest BCUT2D eigenvalue weighted by molar-refractivity contribution is 0.628. The molecule has 2 heterocycles. The highest BCUT2D eigenvalue weighted by Gasteiger charge is 2.03. The molecule has 0 amide bonds. The molecule has 23 heavy (non-hydrogen) atoms. The van der Waals surface area contributed by atoms with Crippen LogP contribution in [0.1, 0.15) is 5.69 Å². The van der Waals surface area contributed by atoms with Gasteiger partial charge in [-0.3, -0.25) is 4.98 Å². The first-order valence-corrected chi connectivity index (χ1v) is 7.26. The van der Waals surface area contributed by atoms with Gasteiger partial charge >= 0.3 is 0 Å². The van der Waals surface area contributed by atoms with Gasteiger partial charge in [0, 0.05) is 18.0 Å². The van der Waals surface area contributed by atoms with Crippen LogP contribution in [0.15, 0.2) is 55.0 Å². The van der Waals surface area contributed by atoms with E-state index < -0.39 is 5.82 Å². The highest BCUT2D eigenvalue weighted by atomic mass is 35.5. The van der Waals surface area contributed by atoms with Gasteiger partial charge in [-0.05, 0) is 30.3 Å². The number of halogens is 2. The molecule has 2 aromatic heterocycles. The van der Waals surface area contributed by atoms with E-state index in [0.29, 0.717) is 23.9 Å². The SMILES string of the molecule is Fc1ccc(Nc2cc(NCc3ccccn3)ncn2)cc1Cl. The van der Waals surface area contributed by atoms with Gasteiger partial charge in [0.15, 0.2) is 0 Å². The molecule has 0 saturated carbocycles. The van der Waals surface area contributed by atoms with E-state index >= 15 is 0 Å². The van der Waals surface area contributed by atoms with E-state index in [1.807, 2.05) is 18.2 Å². The first kappa shape index (κ1) is 15.2. The Balaban J connectivity index is 1.68. The van der Waals surface area contributed by atoms with Gasteiger partial charge < -0.3 is 10.6 Å². The smallest absolute Gasteiger partial charge is 0.141 e. The Morgan fingerprint density at radius 1 is 1.00 bits per heavy atom. The molecule has 0 atom stereocenters. The van der Waals surface area contributed by atoms with E-state index in [2.05, 4.69) is 25.6 Å². The first-order chi connectivity index (χ1) is 11.2. The number of nitrogens with one attached hydrogen (secondary N) is 2. The number of hydrogen-bond acceptors (Lipinski definition) is 5. The Hall–Kier alpha value is -2.73. The van der Waals surface area contributed by atoms with Gasteiger partial charge in [-0.25, -0.2) is 14.4 Å². The van der Waals surface area contributed by atoms with Crippen molar-refractivity contribution < 1.29 is 4.39 Å². The third-order valence-electron chi connectivity index (χ3n) is 3.04. The number of benzene rings is 1. The lowest BCUT2D eigenvalue weighted by Crippen LogP contribution is -2.04. The Morgan fingerprint density at radius 3 is 2.65 bits per heavy atom. The molecule has 3 aromatic rings. The van der Waals surface area contributed by atoms with E-state index in [1.165, 1.54) is 18.5 Å². The summed E-state index contributed by atoms with van der Waals surface area (Å²) < 4.78 is 13.2. The Morgan fingerprint density at radius 2 is 1.87 bits per heavy atom. The summed E-state index contributed by atoms with van der Waals surface area (Å²) in [4.78, 5) is 12.5. The minimum Gasteiger partial charge on any atom is -0.364 e. The summed E-state index contributed by atoms with van der Waals surface area (Å²) in [7, 11) is 0. The maximum Gasteiger partial charge on any atom is 0.141 e. The molecule has 0 bridgehead atoms. The van der Waals surface area contributed by atoms with E-state index in [1.54, 1.807) is 18.3 Å². The molecule has 0 aliphatic carbocycles. The van der Waals surface area contributed by atoms with E-state index in [9.17, 15) is 4.39 Å². The molecule has 1 aromatic carbocycles. The predicted molar refractivity (Wildman–Crippen MR) is 88.3 cm³/mol. The molecule has 3 rings (SSSR count). The second-order valence-electron chi connectivity index (χ2n) is 4.72. The zero-order chi connectivity index (χ0) is 16.1. The normalized spacial score (nSPS) is 10.3. The average Bonchev–Trinajstić information content (AvgIpc) is 2.58. The minimum absolute atomic E-state index is 0.0533. The number of nitrogens with zero attached hydrogens (tertiary/aromatic N) is 3. The summed E-state index contributed by atoms with van der Waals surface area (Å²) in [6.45, 7) is 0.555. The zero-order valence-electron chi connectivity index (χ0n) is 12.0. The van der Waals surface area contributed by atoms with Gasteiger partial charge in [0.1, 0.15) is 23.8 Å². The van der Waals surface area contributed by atoms with Crippen molar-refractivity contribution in [3.8, 4) is 0 Å². The molecular weight excluding hydrogens is 317 g/mol. The van der Waals surface area contributed by atoms with Gasteiger partial charge in [-0.2, -0.15) is 0 Å². The van der Waals surface area contributed by atoms with Crippen LogP contribution in [0.5, 0.6) is 0 Å². The first-order valence-electron chi connectivity index (χ1n) is 6.88. The fourth-order valence-corrected chi connectivity index (χ4v) is 2.11. The van der Waals surface area contributed by atoms with Crippen LogP contribution in [0.25, 0.3) is 0 Å². The highest BCUT2D eigenvalue weighted by Crippen LogP contribution is 2.22. The van der Waals surface area contributed by atoms with Crippen molar-refractivity contribution in [3.05, 3.63) is 71.5 Å². The van der Waals surface area contributed by atoms with Crippen LogP contribution in [0.4, 0.5) is 21.7 Å². The van der Waals surface area contributed by atoms with Gasteiger partial charge in [0.2, 0.25) is 0 Å². The van der Waals surface area contributed by atoms with Crippen molar-refractivity contribution in [2.45, 2.75) is 6.54 Å². The molecule has 0 aliphatic heterocycles. The third kappa shape index (κ3) is 4.14. The fourth-order valence-electron chi connectivity index (χ4n) is 1.93. The number of pyridine rings is 1. The molecule has 0 aliphatic rings. The lowest BCUT2D eigenvalue weighted by Gasteiger charge is -2.09. The molecule has 0 saturated heterocycles. The van der Waals surface area contributed by atoms with Gasteiger partial charge in [-0.15, -0.1) is 0 Å². The molecular formula is C16H13ClFN5. The quantitative estimate of drug-likeness (QED) is 0.740. The summed E-state index contributed by atoms with van der Waals surface area (Å²) in [5.41, 5.74) is 1.55. The number of aromatic nitrogens is 3. The average molecular weight is 330 g/mol. The van der Waals surface area contributed by atoms with Crippen LogP contribution in [0.2, 0.25) is 5.02 Å². The van der Waals surface area contributed by atoms with Crippen LogP contribution in [0, 0.1) is 5.82 Å². The fraction of sp³-hybridized carbons (Fsp3) is 0.0625. The second kappa shape index (κ2) is 7.02. The molecule has 5 nitrogen and oxygen atoms in total. The Kier molecular flexibility index (Phi) is 4.63. The van der Waals surface area contributed by atoms with Crippen molar-refractivity contribution in [1.82, 2.24) is 15.0 Å². The van der Waals surface area contributed by atoms with Crippen molar-refractivity contribution in [2.24, 2.45) is 0 Å². The summed E-state index contributed by atoms with van der Waals surface area (Å²) in [5.74, 6) is 0.769. The maximum absolute atomic E-state index is 13.2. The van der Waals surface area contributed by atoms with Crippen LogP contribution in [-0.4, -0.2) is 15.0 Å². The minimum atomic E-state index is -0.461. The van der Waals surface area contributed by atoms with Crippen molar-refractivity contribution >= 4 is 28.9 Å². The highest BCUT2D eigenvalue weighted by molar-refractivity contribution is 6.31. The largest absolute Gasteiger partial charge is 0.364 e. The number of hydrogen-bond donors (Lipinski definition) is 2. The summed E-state index contributed by atoms with van der Waals surface area (Å²) in [6, 6.07) is 11.9. The summed E-state index contributed by atoms with van der Waals surface area (Å²) in [5, 5.41) is 6.27. The van der Waals surface area contributed by atoms with Crippen LogP contribution in [-0.2, 0) is 6.54 Å². The predicted octanol–water partition coefficient (Wildman–Crippen LogP) is 4.02. The molecule has 0 unspecified atom stereocenters. The zero-order valence-corrected chi connectivity index (χ0v) is 12.8. The van der Waals surface area contributed by atoms with Crippen molar-refractivity contribution in [3.63, 3.8) is 0 Å². The lowest BCUT2D eigenvalue weighted by atomic mass is 10.3. The monoisotopic (exact) mass is 329 g/mol. The van der Waals surface area contributed by atoms with E-state index in [4.69, 9.17) is 11.6 Å². The second-order valence-corrected chi connectivity index (χ2v) is 5.12. The molecule has 0 radical (unpaired) electrons. The number of anilines is 3. The van der Waals surface area contributed by atoms with Crippen molar-refractivity contribution in [2.75, 3.05) is 10.6 Å². The van der Waals surface area contributed by atoms with E-state index in [-0.39, 0.29) is 5.02 Å². The van der Waals surface area contributed by atoms with Crippen LogP contribution >= 0.6 is 11.6 Å². The Labute approximate surface area is 137 Å². The summed E-state index contributed by atoms with van der Waals surface area (Å²) >= 11 is 5.76. The molecule has 2 N–H and O–H groups in total. The molecule has 0 spiro atoms. The summed E-state index contributed by atoms with van der Waals surface area (Å²) in [6.07, 6.45) is 3.18. The van der Waals surface area contributed by atoms with Crippen molar-refractivity contribution in [1.29, 1.82) is 0 Å². The van der Waals surface area contributed by atoms with Gasteiger partial charge in [-0.1, -0.05) is 17.7 Å². The standard InChI is InChI=1S/C16H13ClFN5/c17-13-7-11(4-5-14(13)18)23-16-8-15(21-10-22-16)20-9-12-3-1-2-6-19-12/h1-8,10H,9H2,(H2,20,21,22,23). The van der Waals surface area contributed by atoms with Gasteiger partial charge in [0.25, 0.3) is 0 Å². The molecule has 116 valence electrons. The van der Waals surface area contributed by atoms with E-state index in [0.717, 1.165) is 5.69 Å². The van der Waals surface area contributed by atoms with Gasteiger partial charge in [0.05, 0.1) is 17.3 Å². The van der Waals surface area contributed by atoms with Crippen LogP contribution < -0.4 is 10.6 Å². The molecule has 0 fully saturated rings. The molecule has 7 heteroatoms. The Bertz CT molecular complexity index is 797. The topological polar surface area (TPSA) is 62.7 Å². The number of rotatable bonds is 5. The maximum atomic E-state index is 13.2.